The summed E-state index contributed by atoms with van der Waals surface area (Å²) in [5.41, 5.74) is 11.4. The van der Waals surface area contributed by atoms with Crippen LogP contribution in [0.5, 0.6) is 0 Å². The molecule has 0 aromatic heterocycles. The summed E-state index contributed by atoms with van der Waals surface area (Å²) in [7, 11) is 0. The second kappa shape index (κ2) is 14.3. The Bertz CT molecular complexity index is 643. The molecule has 0 aromatic rings. The fourth-order valence-corrected chi connectivity index (χ4v) is 2.57. The van der Waals surface area contributed by atoms with Crippen LogP contribution in [0.4, 0.5) is 0 Å². The van der Waals surface area contributed by atoms with E-state index < -0.39 is 60.2 Å². The zero-order chi connectivity index (χ0) is 24.1. The molecule has 5 atom stereocenters. The van der Waals surface area contributed by atoms with Crippen LogP contribution in [0.3, 0.4) is 0 Å². The number of nitrogens with one attached hydrogen (secondary N) is 3. The number of amides is 3. The van der Waals surface area contributed by atoms with E-state index in [1.807, 2.05) is 6.92 Å². The van der Waals surface area contributed by atoms with Crippen LogP contribution in [0.2, 0.25) is 0 Å². The average Bonchev–Trinajstić information content (AvgIpc) is 2.70. The highest BCUT2D eigenvalue weighted by atomic mass is 16.4. The summed E-state index contributed by atoms with van der Waals surface area (Å²) in [6.07, 6.45) is 1.18. The highest BCUT2D eigenvalue weighted by Crippen LogP contribution is 2.08. The molecule has 0 radical (unpaired) electrons. The lowest BCUT2D eigenvalue weighted by Gasteiger charge is -2.25. The number of unbranched alkanes of at least 4 members (excludes halogenated alkanes) is 1. The third-order valence-electron chi connectivity index (χ3n) is 4.88. The van der Waals surface area contributed by atoms with E-state index in [-0.39, 0.29) is 12.3 Å². The van der Waals surface area contributed by atoms with E-state index >= 15 is 0 Å². The van der Waals surface area contributed by atoms with Crippen molar-refractivity contribution in [3.63, 3.8) is 0 Å². The first-order valence-corrected chi connectivity index (χ1v) is 10.3. The van der Waals surface area contributed by atoms with Gasteiger partial charge in [-0.15, -0.1) is 0 Å². The summed E-state index contributed by atoms with van der Waals surface area (Å²) in [6.45, 7) is 5.25. The highest BCUT2D eigenvalue weighted by Gasteiger charge is 2.31. The van der Waals surface area contributed by atoms with Crippen molar-refractivity contribution in [2.24, 2.45) is 17.4 Å². The van der Waals surface area contributed by atoms with E-state index in [4.69, 9.17) is 21.7 Å². The molecule has 3 amide bonds. The van der Waals surface area contributed by atoms with Crippen LogP contribution < -0.4 is 27.4 Å². The molecule has 0 aliphatic carbocycles. The van der Waals surface area contributed by atoms with Gasteiger partial charge < -0.3 is 37.6 Å². The van der Waals surface area contributed by atoms with Crippen molar-refractivity contribution in [2.45, 2.75) is 77.0 Å². The van der Waals surface area contributed by atoms with Crippen molar-refractivity contribution in [2.75, 3.05) is 6.54 Å². The summed E-state index contributed by atoms with van der Waals surface area (Å²) >= 11 is 0. The Balaban J connectivity index is 5.40. The zero-order valence-corrected chi connectivity index (χ0v) is 18.2. The van der Waals surface area contributed by atoms with Crippen molar-refractivity contribution in [3.8, 4) is 0 Å². The van der Waals surface area contributed by atoms with Gasteiger partial charge in [0.1, 0.15) is 18.1 Å². The summed E-state index contributed by atoms with van der Waals surface area (Å²) in [5, 5.41) is 24.9. The SMILES string of the molecule is CCC(C)C(N)C(=O)NC(CCCCN)C(=O)NC(CC(=O)O)C(=O)NC(C)C(=O)O. The van der Waals surface area contributed by atoms with E-state index in [0.29, 0.717) is 25.8 Å². The van der Waals surface area contributed by atoms with Gasteiger partial charge >= 0.3 is 11.9 Å². The third-order valence-corrected chi connectivity index (χ3v) is 4.88. The lowest BCUT2D eigenvalue weighted by atomic mass is 9.98. The number of aliphatic carboxylic acids is 2. The number of carbonyl (C=O) groups is 5. The normalized spacial score (nSPS) is 15.6. The molecule has 5 unspecified atom stereocenters. The zero-order valence-electron chi connectivity index (χ0n) is 18.2. The predicted octanol–water partition coefficient (Wildman–Crippen LogP) is -1.48. The summed E-state index contributed by atoms with van der Waals surface area (Å²) < 4.78 is 0. The van der Waals surface area contributed by atoms with Crippen molar-refractivity contribution >= 4 is 29.7 Å². The summed E-state index contributed by atoms with van der Waals surface area (Å²) in [4.78, 5) is 59.5. The number of hydrogen-bond acceptors (Lipinski definition) is 7. The van der Waals surface area contributed by atoms with Crippen LogP contribution in [0.25, 0.3) is 0 Å². The third kappa shape index (κ3) is 10.7. The van der Waals surface area contributed by atoms with Gasteiger partial charge in [0, 0.05) is 0 Å². The first-order chi connectivity index (χ1) is 14.4. The molecular weight excluding hydrogens is 410 g/mol. The quantitative estimate of drug-likeness (QED) is 0.146. The summed E-state index contributed by atoms with van der Waals surface area (Å²) in [5.74, 6) is -5.09. The Morgan fingerprint density at radius 3 is 1.90 bits per heavy atom. The molecule has 0 saturated heterocycles. The maximum Gasteiger partial charge on any atom is 0.325 e. The van der Waals surface area contributed by atoms with Gasteiger partial charge in [0.25, 0.3) is 0 Å². The van der Waals surface area contributed by atoms with E-state index in [9.17, 15) is 24.0 Å². The minimum Gasteiger partial charge on any atom is -0.481 e. The molecule has 12 nitrogen and oxygen atoms in total. The second-order valence-electron chi connectivity index (χ2n) is 7.48. The Kier molecular flexibility index (Phi) is 13.0. The molecule has 0 heterocycles. The number of carboxylic acid groups (broad SMARTS) is 2. The topological polar surface area (TPSA) is 214 Å². The number of carboxylic acids is 2. The van der Waals surface area contributed by atoms with Crippen LogP contribution in [0.15, 0.2) is 0 Å². The first-order valence-electron chi connectivity index (χ1n) is 10.3. The van der Waals surface area contributed by atoms with Crippen LogP contribution in [0, 0.1) is 5.92 Å². The van der Waals surface area contributed by atoms with Gasteiger partial charge in [-0.2, -0.15) is 0 Å². The van der Waals surface area contributed by atoms with Gasteiger partial charge in [-0.3, -0.25) is 24.0 Å². The molecule has 0 fully saturated rings. The first kappa shape index (κ1) is 28.3. The largest absolute Gasteiger partial charge is 0.481 e. The van der Waals surface area contributed by atoms with Gasteiger partial charge in [0.15, 0.2) is 0 Å². The average molecular weight is 446 g/mol. The maximum absolute atomic E-state index is 12.8. The van der Waals surface area contributed by atoms with Gasteiger partial charge in [0.2, 0.25) is 17.7 Å². The van der Waals surface area contributed by atoms with Crippen molar-refractivity contribution in [3.05, 3.63) is 0 Å². The monoisotopic (exact) mass is 445 g/mol. The fourth-order valence-electron chi connectivity index (χ4n) is 2.57. The van der Waals surface area contributed by atoms with Gasteiger partial charge in [0.05, 0.1) is 12.5 Å². The van der Waals surface area contributed by atoms with Gasteiger partial charge in [-0.1, -0.05) is 20.3 Å². The van der Waals surface area contributed by atoms with Crippen LogP contribution >= 0.6 is 0 Å². The highest BCUT2D eigenvalue weighted by molar-refractivity contribution is 5.95. The Hall–Kier alpha value is -2.73. The molecule has 0 rings (SSSR count). The minimum atomic E-state index is -1.52. The van der Waals surface area contributed by atoms with Crippen LogP contribution in [-0.2, 0) is 24.0 Å². The Morgan fingerprint density at radius 1 is 0.871 bits per heavy atom. The number of nitrogens with two attached hydrogens (primary N) is 2. The standard InChI is InChI=1S/C19H35N5O7/c1-4-10(2)15(21)18(29)23-12(7-5-6-8-20)16(27)24-13(9-14(25)26)17(28)22-11(3)19(30)31/h10-13,15H,4-9,20-21H2,1-3H3,(H,22,28)(H,23,29)(H,24,27)(H,25,26)(H,30,31). The molecule has 0 spiro atoms. The van der Waals surface area contributed by atoms with E-state index in [0.717, 1.165) is 0 Å². The minimum absolute atomic E-state index is 0.129. The van der Waals surface area contributed by atoms with E-state index in [1.165, 1.54) is 6.92 Å². The molecule has 178 valence electrons. The number of hydrogen-bond donors (Lipinski definition) is 7. The molecule has 0 saturated carbocycles. The van der Waals surface area contributed by atoms with Crippen LogP contribution in [0.1, 0.15) is 52.9 Å². The lowest BCUT2D eigenvalue weighted by Crippen LogP contribution is -2.57. The predicted molar refractivity (Wildman–Crippen MR) is 112 cm³/mol. The Labute approximate surface area is 181 Å². The molecule has 0 bridgehead atoms. The van der Waals surface area contributed by atoms with Crippen molar-refractivity contribution < 1.29 is 34.2 Å². The number of carbonyl (C=O) groups excluding carboxylic acids is 3. The van der Waals surface area contributed by atoms with Gasteiger partial charge in [-0.05, 0) is 38.6 Å². The van der Waals surface area contributed by atoms with E-state index in [1.54, 1.807) is 6.92 Å². The van der Waals surface area contributed by atoms with Gasteiger partial charge in [-0.25, -0.2) is 0 Å². The lowest BCUT2D eigenvalue weighted by molar-refractivity contribution is -0.143. The fraction of sp³-hybridized carbons (Fsp3) is 0.737. The second-order valence-corrected chi connectivity index (χ2v) is 7.48. The molecule has 9 N–H and O–H groups in total. The Morgan fingerprint density at radius 2 is 1.42 bits per heavy atom. The maximum atomic E-state index is 12.8. The van der Waals surface area contributed by atoms with Crippen molar-refractivity contribution in [1.29, 1.82) is 0 Å². The molecule has 0 aromatic carbocycles. The molecule has 0 aliphatic rings. The smallest absolute Gasteiger partial charge is 0.325 e. The van der Waals surface area contributed by atoms with Crippen LogP contribution in [-0.4, -0.2) is 70.6 Å². The molecule has 31 heavy (non-hydrogen) atoms. The van der Waals surface area contributed by atoms with E-state index in [2.05, 4.69) is 16.0 Å². The van der Waals surface area contributed by atoms with Crippen molar-refractivity contribution in [1.82, 2.24) is 16.0 Å². The molecule has 12 heteroatoms. The summed E-state index contributed by atoms with van der Waals surface area (Å²) in [6, 6.07) is -4.71. The molecule has 0 aliphatic heterocycles. The number of rotatable bonds is 15. The molecular formula is C19H35N5O7.